The first-order chi connectivity index (χ1) is 10.6. The molecule has 0 aliphatic carbocycles. The van der Waals surface area contributed by atoms with Gasteiger partial charge in [0.25, 0.3) is 5.97 Å². The Morgan fingerprint density at radius 2 is 1.78 bits per heavy atom. The lowest BCUT2D eigenvalue weighted by Gasteiger charge is -2.32. The molecule has 0 bridgehead atoms. The van der Waals surface area contributed by atoms with Crippen LogP contribution in [-0.4, -0.2) is 23.6 Å². The highest BCUT2D eigenvalue weighted by Gasteiger charge is 2.39. The van der Waals surface area contributed by atoms with Gasteiger partial charge in [-0.2, -0.15) is 0 Å². The van der Waals surface area contributed by atoms with Crippen molar-refractivity contribution >= 4 is 17.6 Å². The molecule has 126 valence electrons. The molecule has 3 rings (SSSR count). The fourth-order valence-electron chi connectivity index (χ4n) is 2.90. The van der Waals surface area contributed by atoms with Crippen LogP contribution in [0.1, 0.15) is 45.7 Å². The predicted octanol–water partition coefficient (Wildman–Crippen LogP) is 0.801. The number of carbonyl (C=O) groups excluding carboxylic acids is 1. The monoisotopic (exact) mass is 319 g/mol. The number of hydrogen-bond acceptors (Lipinski definition) is 3. The standard InChI is InChI=1S/C14H17N.2C2H4O2/c1-10-9-15-8-7-11-5-4-6-12(13(11)15)14(10,2)3;2*1-2(3)4/h4-6,9H,7-8H2,1-3H3;2*1H3,(H,3,4). The molecule has 1 unspecified atom stereocenters. The Kier molecular flexibility index (Phi) is 6.10. The Bertz CT molecular complexity index is 612. The molecule has 0 saturated heterocycles. The fraction of sp³-hybridized carbons (Fsp3) is 0.444. The van der Waals surface area contributed by atoms with E-state index in [0.717, 1.165) is 13.8 Å². The largest absolute Gasteiger partial charge is 0.550 e. The van der Waals surface area contributed by atoms with Crippen LogP contribution >= 0.6 is 0 Å². The number of rotatable bonds is 0. The molecule has 2 heterocycles. The van der Waals surface area contributed by atoms with Gasteiger partial charge in [0.15, 0.2) is 0 Å². The van der Waals surface area contributed by atoms with E-state index in [-0.39, 0.29) is 5.41 Å². The number of allylic oxidation sites excluding steroid dienone is 1. The quantitative estimate of drug-likeness (QED) is 0.741. The lowest BCUT2D eigenvalue weighted by Crippen LogP contribution is -3.02. The van der Waals surface area contributed by atoms with E-state index in [0.29, 0.717) is 0 Å². The van der Waals surface area contributed by atoms with E-state index in [4.69, 9.17) is 19.8 Å². The van der Waals surface area contributed by atoms with Gasteiger partial charge in [0.1, 0.15) is 5.69 Å². The van der Waals surface area contributed by atoms with Crippen molar-refractivity contribution in [3.05, 3.63) is 41.1 Å². The number of carboxylic acids is 2. The molecule has 5 nitrogen and oxygen atoms in total. The van der Waals surface area contributed by atoms with Crippen LogP contribution in [0, 0.1) is 0 Å². The summed E-state index contributed by atoms with van der Waals surface area (Å²) in [7, 11) is 0. The molecule has 1 aromatic carbocycles. The van der Waals surface area contributed by atoms with E-state index in [1.54, 1.807) is 16.2 Å². The smallest absolute Gasteiger partial charge is 0.300 e. The van der Waals surface area contributed by atoms with Crippen molar-refractivity contribution in [2.45, 2.75) is 46.5 Å². The summed E-state index contributed by atoms with van der Waals surface area (Å²) >= 11 is 0. The molecule has 1 atom stereocenters. The predicted molar refractivity (Wildman–Crippen MR) is 86.4 cm³/mol. The molecule has 23 heavy (non-hydrogen) atoms. The van der Waals surface area contributed by atoms with E-state index >= 15 is 0 Å². The molecule has 2 aliphatic rings. The van der Waals surface area contributed by atoms with Gasteiger partial charge in [-0.15, -0.1) is 0 Å². The Balaban J connectivity index is 0.000000281. The summed E-state index contributed by atoms with van der Waals surface area (Å²) in [6, 6.07) is 6.81. The van der Waals surface area contributed by atoms with Crippen LogP contribution in [0.2, 0.25) is 0 Å². The van der Waals surface area contributed by atoms with E-state index < -0.39 is 11.9 Å². The maximum absolute atomic E-state index is 9.00. The SMILES string of the molecule is CC(=O)O.CC(=O)[O-].CC1=C[NH+]2CCc3cccc(c32)C1(C)C. The zero-order valence-corrected chi connectivity index (χ0v) is 14.4. The molecule has 0 aromatic heterocycles. The van der Waals surface area contributed by atoms with Gasteiger partial charge in [0.05, 0.1) is 12.7 Å². The van der Waals surface area contributed by atoms with Crippen molar-refractivity contribution in [3.8, 4) is 0 Å². The van der Waals surface area contributed by atoms with Gasteiger partial charge in [-0.05, 0) is 19.4 Å². The minimum atomic E-state index is -1.08. The number of carboxylic acid groups (broad SMARTS) is 2. The Morgan fingerprint density at radius 3 is 2.30 bits per heavy atom. The summed E-state index contributed by atoms with van der Waals surface area (Å²) < 4.78 is 0. The second-order valence-corrected chi connectivity index (χ2v) is 6.33. The number of benzene rings is 1. The van der Waals surface area contributed by atoms with Gasteiger partial charge in [-0.1, -0.05) is 32.0 Å². The van der Waals surface area contributed by atoms with Crippen LogP contribution in [-0.2, 0) is 21.4 Å². The van der Waals surface area contributed by atoms with Crippen molar-refractivity contribution in [2.24, 2.45) is 0 Å². The minimum Gasteiger partial charge on any atom is -0.550 e. The minimum absolute atomic E-state index is 0.221. The van der Waals surface area contributed by atoms with Gasteiger partial charge < -0.3 is 15.0 Å². The second kappa shape index (κ2) is 7.42. The molecular formula is C18H25NO4. The third-order valence-electron chi connectivity index (χ3n) is 4.19. The second-order valence-electron chi connectivity index (χ2n) is 6.33. The number of carbonyl (C=O) groups is 2. The molecule has 0 saturated carbocycles. The molecule has 2 aliphatic heterocycles. The third-order valence-corrected chi connectivity index (χ3v) is 4.19. The molecule has 1 aromatic rings. The molecular weight excluding hydrogens is 294 g/mol. The van der Waals surface area contributed by atoms with Gasteiger partial charge >= 0.3 is 0 Å². The van der Waals surface area contributed by atoms with Crippen LogP contribution in [0.25, 0.3) is 0 Å². The summed E-state index contributed by atoms with van der Waals surface area (Å²) in [6.45, 7) is 10.2. The lowest BCUT2D eigenvalue weighted by atomic mass is 9.75. The zero-order chi connectivity index (χ0) is 17.8. The Labute approximate surface area is 137 Å². The lowest BCUT2D eigenvalue weighted by molar-refractivity contribution is -0.770. The summed E-state index contributed by atoms with van der Waals surface area (Å²) in [6.07, 6.45) is 3.65. The van der Waals surface area contributed by atoms with Gasteiger partial charge in [-0.25, -0.2) is 0 Å². The maximum atomic E-state index is 9.00. The van der Waals surface area contributed by atoms with Gasteiger partial charge in [0, 0.05) is 35.9 Å². The van der Waals surface area contributed by atoms with E-state index in [1.807, 2.05) is 0 Å². The Morgan fingerprint density at radius 1 is 1.26 bits per heavy atom. The number of quaternary nitrogens is 1. The van der Waals surface area contributed by atoms with Crippen LogP contribution in [0.15, 0.2) is 30.0 Å². The highest BCUT2D eigenvalue weighted by Crippen LogP contribution is 2.39. The summed E-state index contributed by atoms with van der Waals surface area (Å²) in [5.41, 5.74) is 6.38. The van der Waals surface area contributed by atoms with Crippen LogP contribution in [0.4, 0.5) is 5.69 Å². The average Bonchev–Trinajstić information content (AvgIpc) is 2.79. The summed E-state index contributed by atoms with van der Waals surface area (Å²) in [5.74, 6) is -1.92. The first-order valence-corrected chi connectivity index (χ1v) is 7.61. The molecule has 0 spiro atoms. The maximum Gasteiger partial charge on any atom is 0.300 e. The molecule has 0 radical (unpaired) electrons. The average molecular weight is 319 g/mol. The molecule has 0 amide bonds. The highest BCUT2D eigenvalue weighted by molar-refractivity contribution is 5.63. The van der Waals surface area contributed by atoms with Gasteiger partial charge in [0.2, 0.25) is 0 Å². The van der Waals surface area contributed by atoms with E-state index in [1.165, 1.54) is 24.1 Å². The first-order valence-electron chi connectivity index (χ1n) is 7.61. The molecule has 0 fully saturated rings. The zero-order valence-electron chi connectivity index (χ0n) is 14.4. The van der Waals surface area contributed by atoms with Crippen molar-refractivity contribution in [1.29, 1.82) is 0 Å². The van der Waals surface area contributed by atoms with Crippen molar-refractivity contribution < 1.29 is 24.7 Å². The molecule has 5 heteroatoms. The first kappa shape index (κ1) is 18.9. The highest BCUT2D eigenvalue weighted by atomic mass is 16.4. The van der Waals surface area contributed by atoms with E-state index in [9.17, 15) is 0 Å². The summed E-state index contributed by atoms with van der Waals surface area (Å²) in [4.78, 5) is 19.5. The van der Waals surface area contributed by atoms with Crippen LogP contribution < -0.4 is 10.0 Å². The molecule has 2 N–H and O–H groups in total. The summed E-state index contributed by atoms with van der Waals surface area (Å²) in [5, 5.41) is 16.3. The van der Waals surface area contributed by atoms with Crippen molar-refractivity contribution in [3.63, 3.8) is 0 Å². The topological polar surface area (TPSA) is 81.9 Å². The number of para-hydroxylation sites is 1. The van der Waals surface area contributed by atoms with Crippen molar-refractivity contribution in [1.82, 2.24) is 0 Å². The number of nitrogens with one attached hydrogen (secondary N) is 1. The fourth-order valence-corrected chi connectivity index (χ4v) is 2.90. The Hall–Kier alpha value is -2.14. The van der Waals surface area contributed by atoms with E-state index in [2.05, 4.69) is 45.2 Å². The third kappa shape index (κ3) is 4.66. The van der Waals surface area contributed by atoms with Crippen LogP contribution in [0.3, 0.4) is 0 Å². The number of aliphatic carboxylic acids is 2. The number of hydrogen-bond donors (Lipinski definition) is 2. The normalized spacial score (nSPS) is 19.2. The van der Waals surface area contributed by atoms with Gasteiger partial charge in [-0.3, -0.25) is 9.69 Å². The van der Waals surface area contributed by atoms with Crippen molar-refractivity contribution in [2.75, 3.05) is 6.54 Å². The van der Waals surface area contributed by atoms with Crippen LogP contribution in [0.5, 0.6) is 0 Å².